The maximum Gasteiger partial charge on any atom is 0.251 e. The number of nitrogens with two attached hydrogens (primary N) is 6. The first-order chi connectivity index (χ1) is 62.9. The summed E-state index contributed by atoms with van der Waals surface area (Å²) in [6.07, 6.45) is 5.87. The molecule has 0 saturated carbocycles. The van der Waals surface area contributed by atoms with E-state index in [1.165, 1.54) is 33.4 Å². The molecule has 0 spiro atoms. The average molecular weight is 1730 g/mol. The highest BCUT2D eigenvalue weighted by Crippen LogP contribution is 2.32. The lowest BCUT2D eigenvalue weighted by atomic mass is 9.90. The number of aliphatic imine (C=N–C) groups is 3. The van der Waals surface area contributed by atoms with E-state index in [0.717, 1.165) is 32.3 Å². The smallest absolute Gasteiger partial charge is 0.251 e. The Morgan fingerprint density at radius 1 is 0.302 bits per heavy atom. The largest absolute Gasteiger partial charge is 0.370 e. The molecule has 3 fully saturated rings. The number of hydrogen-bond donors (Lipinski definition) is 12. The number of rotatable bonds is 33. The summed E-state index contributed by atoms with van der Waals surface area (Å²) in [5.41, 5.74) is 42.0. The summed E-state index contributed by atoms with van der Waals surface area (Å²) in [6, 6.07) is 102. The molecule has 0 radical (unpaired) electrons. The number of nitrogens with one attached hydrogen (secondary N) is 6. The Bertz CT molecular complexity index is 5050. The number of carbonyl (C=O) groups excluding carboxylic acids is 6. The molecule has 6 amide bonds. The van der Waals surface area contributed by atoms with E-state index in [0.29, 0.717) is 153 Å². The predicted octanol–water partition coefficient (Wildman–Crippen LogP) is 12.0. The van der Waals surface area contributed by atoms with Gasteiger partial charge in [0, 0.05) is 131 Å². The Hall–Kier alpha value is -14.1. The molecule has 18 N–H and O–H groups in total. The fraction of sp³-hybridized carbons (Fsp3) is 0.286. The van der Waals surface area contributed by atoms with Gasteiger partial charge in [-0.15, -0.1) is 0 Å². The maximum atomic E-state index is 14.0. The van der Waals surface area contributed by atoms with E-state index in [1.54, 1.807) is 0 Å². The second-order valence-electron chi connectivity index (χ2n) is 33.3. The highest BCUT2D eigenvalue weighted by atomic mass is 16.2. The van der Waals surface area contributed by atoms with Crippen molar-refractivity contribution in [1.82, 2.24) is 46.6 Å². The second-order valence-corrected chi connectivity index (χ2v) is 33.3. The summed E-state index contributed by atoms with van der Waals surface area (Å²) in [7, 11) is 0. The van der Waals surface area contributed by atoms with Gasteiger partial charge in [0.2, 0.25) is 17.7 Å². The van der Waals surface area contributed by atoms with Crippen molar-refractivity contribution in [3.8, 4) is 0 Å². The van der Waals surface area contributed by atoms with Crippen molar-refractivity contribution in [2.24, 2.45) is 49.4 Å². The van der Waals surface area contributed by atoms with E-state index in [1.807, 2.05) is 251 Å². The Morgan fingerprint density at radius 3 is 0.744 bits per heavy atom. The van der Waals surface area contributed by atoms with Crippen molar-refractivity contribution >= 4 is 85.6 Å². The summed E-state index contributed by atoms with van der Waals surface area (Å²) in [4.78, 5) is 99.5. The van der Waals surface area contributed by atoms with Crippen LogP contribution < -0.4 is 66.3 Å². The lowest BCUT2D eigenvalue weighted by molar-refractivity contribution is -0.133. The molecule has 12 aromatic rings. The predicted molar refractivity (Wildman–Crippen MR) is 518 cm³/mol. The van der Waals surface area contributed by atoms with Gasteiger partial charge in [0.1, 0.15) is 0 Å². The van der Waals surface area contributed by atoms with E-state index in [-0.39, 0.29) is 89.2 Å². The van der Waals surface area contributed by atoms with Gasteiger partial charge in [0.15, 0.2) is 17.9 Å². The first kappa shape index (κ1) is 92.6. The minimum Gasteiger partial charge on any atom is -0.370 e. The van der Waals surface area contributed by atoms with Gasteiger partial charge in [0.25, 0.3) is 17.7 Å². The summed E-state index contributed by atoms with van der Waals surface area (Å²) in [6.45, 7) is 6.05. The van der Waals surface area contributed by atoms with Crippen LogP contribution in [-0.4, -0.2) is 183 Å². The van der Waals surface area contributed by atoms with Crippen LogP contribution in [0.1, 0.15) is 140 Å². The summed E-state index contributed by atoms with van der Waals surface area (Å²) in [5, 5.41) is 26.3. The lowest BCUT2D eigenvalue weighted by Gasteiger charge is -2.29. The number of benzene rings is 12. The molecule has 0 unspecified atom stereocenters. The Balaban J connectivity index is 0.000000165. The molecule has 3 heterocycles. The molecule has 0 aromatic heterocycles. The van der Waals surface area contributed by atoms with Crippen molar-refractivity contribution in [2.75, 3.05) is 78.5 Å². The van der Waals surface area contributed by atoms with Crippen LogP contribution in [0.25, 0.3) is 32.3 Å². The van der Waals surface area contributed by atoms with Crippen LogP contribution >= 0.6 is 0 Å². The molecule has 6 atom stereocenters. The fourth-order valence-electron chi connectivity index (χ4n) is 17.3. The van der Waals surface area contributed by atoms with Crippen molar-refractivity contribution < 1.29 is 28.8 Å². The molecule has 129 heavy (non-hydrogen) atoms. The molecule has 12 aromatic carbocycles. The van der Waals surface area contributed by atoms with E-state index in [4.69, 9.17) is 34.4 Å². The first-order valence-corrected chi connectivity index (χ1v) is 44.8. The van der Waals surface area contributed by atoms with Crippen LogP contribution in [0.15, 0.2) is 324 Å². The highest BCUT2D eigenvalue weighted by molar-refractivity contribution is 6.01. The van der Waals surface area contributed by atoms with Gasteiger partial charge in [0.05, 0.1) is 18.1 Å². The SMILES string of the molecule is NC(N)=NCCC[C@@H]1N[C@@H](CNC(=O)c2ccc3ccccc3c2)CCN(CC(c2ccccc2)c2ccccc2)C1=O.NC(N)=NCCC[C@H]1N[C@@H](CNC(=O)c2ccc3ccccc3c2)CCN(CC(c2ccccc2)c2ccccc2)C1=O.NC(N)=NCCC[C@H]1N[C@H](CNC(=O)c2ccc3ccccc3c2)CCN(CC(c2ccccc2)c2ccccc2)C1=O. The van der Waals surface area contributed by atoms with Crippen molar-refractivity contribution in [3.05, 3.63) is 359 Å². The van der Waals surface area contributed by atoms with Gasteiger partial charge >= 0.3 is 0 Å². The monoisotopic (exact) mass is 1730 g/mol. The van der Waals surface area contributed by atoms with Gasteiger partial charge in [-0.3, -0.25) is 43.7 Å². The van der Waals surface area contributed by atoms with Crippen LogP contribution in [-0.2, 0) is 14.4 Å². The molecule has 3 aliphatic rings. The van der Waals surface area contributed by atoms with Gasteiger partial charge in [-0.05, 0) is 160 Å². The number of fused-ring (bicyclic) bond motifs is 3. The van der Waals surface area contributed by atoms with Crippen LogP contribution in [0.5, 0.6) is 0 Å². The third-order valence-corrected chi connectivity index (χ3v) is 24.2. The summed E-state index contributed by atoms with van der Waals surface area (Å²) in [5.74, 6) is 0.0551. The third-order valence-electron chi connectivity index (χ3n) is 24.2. The number of amides is 6. The second kappa shape index (κ2) is 47.5. The zero-order chi connectivity index (χ0) is 90.1. The number of carbonyl (C=O) groups is 6. The van der Waals surface area contributed by atoms with Gasteiger partial charge < -0.3 is 81.0 Å². The van der Waals surface area contributed by atoms with E-state index < -0.39 is 18.1 Å². The minimum atomic E-state index is -0.411. The zero-order valence-electron chi connectivity index (χ0n) is 73.1. The van der Waals surface area contributed by atoms with Crippen LogP contribution in [0, 0.1) is 0 Å². The van der Waals surface area contributed by atoms with Crippen molar-refractivity contribution in [1.29, 1.82) is 0 Å². The average Bonchev–Trinajstić information content (AvgIpc) is 1.76. The highest BCUT2D eigenvalue weighted by Gasteiger charge is 2.37. The van der Waals surface area contributed by atoms with Crippen LogP contribution in [0.3, 0.4) is 0 Å². The lowest BCUT2D eigenvalue weighted by Crippen LogP contribution is -2.49. The maximum absolute atomic E-state index is 14.0. The van der Waals surface area contributed by atoms with Gasteiger partial charge in [-0.25, -0.2) is 0 Å². The van der Waals surface area contributed by atoms with Crippen molar-refractivity contribution in [3.63, 3.8) is 0 Å². The van der Waals surface area contributed by atoms with E-state index in [9.17, 15) is 28.8 Å². The zero-order valence-corrected chi connectivity index (χ0v) is 73.1. The normalized spacial score (nSPS) is 17.0. The molecule has 3 aliphatic heterocycles. The number of nitrogens with zero attached hydrogens (tertiary/aromatic N) is 6. The molecule has 0 aliphatic carbocycles. The Kier molecular flexibility index (Phi) is 34.1. The first-order valence-electron chi connectivity index (χ1n) is 44.8. The molecule has 0 bridgehead atoms. The minimum absolute atomic E-state index is 0.0396. The fourth-order valence-corrected chi connectivity index (χ4v) is 17.3. The van der Waals surface area contributed by atoms with Gasteiger partial charge in [-0.2, -0.15) is 0 Å². The Morgan fingerprint density at radius 2 is 0.519 bits per heavy atom. The summed E-state index contributed by atoms with van der Waals surface area (Å²) >= 11 is 0. The van der Waals surface area contributed by atoms with Crippen molar-refractivity contribution in [2.45, 2.75) is 112 Å². The third kappa shape index (κ3) is 27.2. The van der Waals surface area contributed by atoms with Crippen LogP contribution in [0.2, 0.25) is 0 Å². The molecule has 666 valence electrons. The standard InChI is InChI=1S/3C35H40N6O2/c3*36-35(37)38-20-9-16-32-34(43)41(24-31(26-11-3-1-4-12-26)27-13-5-2-6-14-27)21-19-30(40-32)23-39-33(42)29-18-17-25-10-7-8-15-28(25)22-29/h3*1-8,10-15,17-18,22,30-32,40H,9,16,19-21,23-24H2,(H,39,42)(H4,36,37,38)/t2*30-,32+;30-,32-/m101/s1. The van der Waals surface area contributed by atoms with E-state index in [2.05, 4.69) is 120 Å². The number of hydrogen-bond acceptors (Lipinski definition) is 12. The van der Waals surface area contributed by atoms with E-state index >= 15 is 0 Å². The molecule has 24 heteroatoms. The number of guanidine groups is 3. The Labute approximate surface area is 755 Å². The van der Waals surface area contributed by atoms with Crippen LogP contribution in [0.4, 0.5) is 0 Å². The summed E-state index contributed by atoms with van der Waals surface area (Å²) < 4.78 is 0. The van der Waals surface area contributed by atoms with Gasteiger partial charge in [-0.1, -0.05) is 273 Å². The molecular formula is C105H120N18O6. The molecule has 15 rings (SSSR count). The molecule has 24 nitrogen and oxygen atoms in total. The topological polar surface area (TPSA) is 378 Å². The molecule has 3 saturated heterocycles. The molecular weight excluding hydrogens is 1610 g/mol. The quantitative estimate of drug-likeness (QED) is 0.0103.